The van der Waals surface area contributed by atoms with Crippen LogP contribution in [0.4, 0.5) is 8.78 Å². The van der Waals surface area contributed by atoms with Crippen LogP contribution < -0.4 is 5.32 Å². The van der Waals surface area contributed by atoms with Gasteiger partial charge in [0.25, 0.3) is 5.92 Å². The van der Waals surface area contributed by atoms with Crippen LogP contribution in [0.5, 0.6) is 0 Å². The lowest BCUT2D eigenvalue weighted by Crippen LogP contribution is -2.36. The Morgan fingerprint density at radius 2 is 2.29 bits per heavy atom. The van der Waals surface area contributed by atoms with E-state index in [1.54, 1.807) is 4.90 Å². The summed E-state index contributed by atoms with van der Waals surface area (Å²) in [4.78, 5) is 22.4. The summed E-state index contributed by atoms with van der Waals surface area (Å²) in [5.41, 5.74) is 0. The molecule has 0 aromatic rings. The van der Waals surface area contributed by atoms with Gasteiger partial charge in [-0.2, -0.15) is 0 Å². The van der Waals surface area contributed by atoms with E-state index in [0.29, 0.717) is 25.9 Å². The number of halogens is 2. The van der Waals surface area contributed by atoms with Gasteiger partial charge in [-0.3, -0.25) is 9.69 Å². The molecule has 5 nitrogen and oxygen atoms in total. The molecular formula is C10H16F2N2O3. The number of nitrogens with one attached hydrogen (secondary N) is 1. The highest BCUT2D eigenvalue weighted by Gasteiger charge is 2.37. The number of alkyl halides is 2. The summed E-state index contributed by atoms with van der Waals surface area (Å²) in [6.45, 7) is 0.512. The largest absolute Gasteiger partial charge is 0.480 e. The molecule has 1 amide bonds. The fraction of sp³-hybridized carbons (Fsp3) is 0.800. The summed E-state index contributed by atoms with van der Waals surface area (Å²) in [6, 6.07) is -0.935. The smallest absolute Gasteiger partial charge is 0.326 e. The summed E-state index contributed by atoms with van der Waals surface area (Å²) < 4.78 is 25.7. The lowest BCUT2D eigenvalue weighted by molar-refractivity contribution is -0.140. The molecule has 1 rings (SSSR count). The average Bonchev–Trinajstić information content (AvgIpc) is 2.57. The van der Waals surface area contributed by atoms with Crippen LogP contribution in [0.15, 0.2) is 0 Å². The highest BCUT2D eigenvalue weighted by Crippen LogP contribution is 2.26. The van der Waals surface area contributed by atoms with E-state index >= 15 is 0 Å². The highest BCUT2D eigenvalue weighted by atomic mass is 19.3. The van der Waals surface area contributed by atoms with Gasteiger partial charge in [-0.1, -0.05) is 0 Å². The summed E-state index contributed by atoms with van der Waals surface area (Å²) in [5.74, 6) is -3.73. The number of carbonyl (C=O) groups is 2. The Balaban J connectivity index is 2.23. The van der Waals surface area contributed by atoms with Crippen molar-refractivity contribution in [2.24, 2.45) is 0 Å². The molecule has 0 radical (unpaired) electrons. The molecule has 98 valence electrons. The number of rotatable bonds is 7. The first kappa shape index (κ1) is 13.8. The van der Waals surface area contributed by atoms with Crippen LogP contribution in [0.25, 0.3) is 0 Å². The van der Waals surface area contributed by atoms with Gasteiger partial charge in [-0.25, -0.2) is 13.6 Å². The van der Waals surface area contributed by atoms with E-state index in [-0.39, 0.29) is 19.4 Å². The Bertz CT molecular complexity index is 287. The lowest BCUT2D eigenvalue weighted by atomic mass is 10.1. The van der Waals surface area contributed by atoms with E-state index in [0.717, 1.165) is 0 Å². The van der Waals surface area contributed by atoms with E-state index in [2.05, 4.69) is 5.32 Å². The number of hydrogen-bond acceptors (Lipinski definition) is 3. The minimum atomic E-state index is -2.62. The molecule has 17 heavy (non-hydrogen) atoms. The van der Waals surface area contributed by atoms with E-state index in [1.165, 1.54) is 0 Å². The van der Waals surface area contributed by atoms with Crippen molar-refractivity contribution in [1.82, 2.24) is 10.2 Å². The fourth-order valence-corrected chi connectivity index (χ4v) is 1.88. The number of hydrogen-bond donors (Lipinski definition) is 2. The maximum atomic E-state index is 12.8. The lowest BCUT2D eigenvalue weighted by Gasteiger charge is -2.17. The van der Waals surface area contributed by atoms with Crippen molar-refractivity contribution >= 4 is 12.4 Å². The summed E-state index contributed by atoms with van der Waals surface area (Å²) in [6.07, 6.45) is 0.911. The van der Waals surface area contributed by atoms with Gasteiger partial charge in [0, 0.05) is 13.0 Å². The molecule has 0 saturated carbocycles. The standard InChI is InChI=1S/C10H16F2N2O3/c11-10(12)3-5-14(6-10)4-1-2-8(9(16)17)13-7-15/h7-8H,1-6H2,(H,13,15)(H,16,17). The molecule has 1 unspecified atom stereocenters. The zero-order valence-corrected chi connectivity index (χ0v) is 9.36. The first-order chi connectivity index (χ1) is 7.94. The molecule has 0 spiro atoms. The van der Waals surface area contributed by atoms with Crippen molar-refractivity contribution in [2.45, 2.75) is 31.2 Å². The van der Waals surface area contributed by atoms with Gasteiger partial charge in [-0.05, 0) is 19.4 Å². The predicted octanol–water partition coefficient (Wildman–Crippen LogP) is 0.307. The van der Waals surface area contributed by atoms with Crippen molar-refractivity contribution in [3.05, 3.63) is 0 Å². The molecule has 0 bridgehead atoms. The van der Waals surface area contributed by atoms with Crippen LogP contribution in [0, 0.1) is 0 Å². The SMILES string of the molecule is O=CNC(CCCN1CCC(F)(F)C1)C(=O)O. The number of amides is 1. The first-order valence-electron chi connectivity index (χ1n) is 5.47. The number of aliphatic carboxylic acids is 1. The summed E-state index contributed by atoms with van der Waals surface area (Å²) in [5, 5.41) is 10.9. The zero-order chi connectivity index (χ0) is 12.9. The van der Waals surface area contributed by atoms with Gasteiger partial charge in [0.05, 0.1) is 6.54 Å². The van der Waals surface area contributed by atoms with Crippen LogP contribution in [-0.2, 0) is 9.59 Å². The maximum Gasteiger partial charge on any atom is 0.326 e. The second-order valence-electron chi connectivity index (χ2n) is 4.20. The molecule has 1 fully saturated rings. The Kier molecular flexibility index (Phi) is 4.80. The minimum absolute atomic E-state index is 0.137. The van der Waals surface area contributed by atoms with Crippen molar-refractivity contribution < 1.29 is 23.5 Å². The molecule has 1 aliphatic heterocycles. The Labute approximate surface area is 97.8 Å². The van der Waals surface area contributed by atoms with Crippen LogP contribution in [-0.4, -0.2) is 54.0 Å². The van der Waals surface area contributed by atoms with Crippen LogP contribution in [0.3, 0.4) is 0 Å². The van der Waals surface area contributed by atoms with Crippen molar-refractivity contribution in [2.75, 3.05) is 19.6 Å². The average molecular weight is 250 g/mol. The number of likely N-dealkylation sites (tertiary alicyclic amines) is 1. The van der Waals surface area contributed by atoms with Gasteiger partial charge in [-0.15, -0.1) is 0 Å². The normalized spacial score (nSPS) is 21.1. The van der Waals surface area contributed by atoms with Gasteiger partial charge in [0.2, 0.25) is 6.41 Å². The van der Waals surface area contributed by atoms with Crippen LogP contribution in [0.2, 0.25) is 0 Å². The van der Waals surface area contributed by atoms with Crippen molar-refractivity contribution in [3.8, 4) is 0 Å². The van der Waals surface area contributed by atoms with Crippen LogP contribution >= 0.6 is 0 Å². The molecule has 7 heteroatoms. The third kappa shape index (κ3) is 4.64. The predicted molar refractivity (Wildman–Crippen MR) is 55.9 cm³/mol. The van der Waals surface area contributed by atoms with Crippen molar-refractivity contribution in [3.63, 3.8) is 0 Å². The molecule has 1 saturated heterocycles. The quantitative estimate of drug-likeness (QED) is 0.638. The monoisotopic (exact) mass is 250 g/mol. The molecule has 0 aromatic heterocycles. The molecule has 0 aliphatic carbocycles. The third-order valence-electron chi connectivity index (χ3n) is 2.78. The van der Waals surface area contributed by atoms with Gasteiger partial charge >= 0.3 is 5.97 Å². The number of carboxylic acids is 1. The summed E-state index contributed by atoms with van der Waals surface area (Å²) in [7, 11) is 0. The van der Waals surface area contributed by atoms with Crippen LogP contribution in [0.1, 0.15) is 19.3 Å². The van der Waals surface area contributed by atoms with Crippen molar-refractivity contribution in [1.29, 1.82) is 0 Å². The first-order valence-corrected chi connectivity index (χ1v) is 5.47. The van der Waals surface area contributed by atoms with E-state index in [4.69, 9.17) is 5.11 Å². The topological polar surface area (TPSA) is 69.6 Å². The van der Waals surface area contributed by atoms with Gasteiger partial charge < -0.3 is 10.4 Å². The molecular weight excluding hydrogens is 234 g/mol. The molecule has 1 aliphatic rings. The Morgan fingerprint density at radius 3 is 2.76 bits per heavy atom. The second-order valence-corrected chi connectivity index (χ2v) is 4.20. The van der Waals surface area contributed by atoms with Gasteiger partial charge in [0.15, 0.2) is 0 Å². The molecule has 1 heterocycles. The molecule has 0 aromatic carbocycles. The minimum Gasteiger partial charge on any atom is -0.480 e. The zero-order valence-electron chi connectivity index (χ0n) is 9.36. The Hall–Kier alpha value is -1.24. The fourth-order valence-electron chi connectivity index (χ4n) is 1.88. The van der Waals surface area contributed by atoms with E-state index in [1.807, 2.05) is 0 Å². The molecule has 1 atom stereocenters. The number of nitrogens with zero attached hydrogens (tertiary/aromatic N) is 1. The number of carboxylic acid groups (broad SMARTS) is 1. The van der Waals surface area contributed by atoms with Gasteiger partial charge in [0.1, 0.15) is 6.04 Å². The van der Waals surface area contributed by atoms with E-state index in [9.17, 15) is 18.4 Å². The maximum absolute atomic E-state index is 12.8. The second kappa shape index (κ2) is 5.90. The highest BCUT2D eigenvalue weighted by molar-refractivity contribution is 5.76. The number of carbonyl (C=O) groups excluding carboxylic acids is 1. The summed E-state index contributed by atoms with van der Waals surface area (Å²) >= 11 is 0. The Morgan fingerprint density at radius 1 is 1.59 bits per heavy atom. The third-order valence-corrected chi connectivity index (χ3v) is 2.78. The molecule has 2 N–H and O–H groups in total. The van der Waals surface area contributed by atoms with E-state index < -0.39 is 17.9 Å².